The van der Waals surface area contributed by atoms with Gasteiger partial charge in [-0.1, -0.05) is 28.1 Å². The van der Waals surface area contributed by atoms with Crippen LogP contribution in [0.3, 0.4) is 0 Å². The van der Waals surface area contributed by atoms with Crippen LogP contribution in [0.5, 0.6) is 0 Å². The van der Waals surface area contributed by atoms with Gasteiger partial charge in [-0.3, -0.25) is 9.71 Å². The van der Waals surface area contributed by atoms with Crippen LogP contribution in [0.2, 0.25) is 0 Å². The van der Waals surface area contributed by atoms with Gasteiger partial charge in [-0.2, -0.15) is 0 Å². The molecular weight excluding hydrogens is 572 g/mol. The van der Waals surface area contributed by atoms with Gasteiger partial charge in [-0.15, -0.1) is 0 Å². The second kappa shape index (κ2) is 9.92. The number of halogens is 1. The molecule has 2 aromatic heterocycles. The maximum absolute atomic E-state index is 11.8. The van der Waals surface area contributed by atoms with E-state index < -0.39 is 10.0 Å². The van der Waals surface area contributed by atoms with Crippen LogP contribution in [0.15, 0.2) is 81.8 Å². The fourth-order valence-corrected chi connectivity index (χ4v) is 6.17. The van der Waals surface area contributed by atoms with E-state index in [2.05, 4.69) is 37.0 Å². The van der Waals surface area contributed by atoms with E-state index in [1.807, 2.05) is 73.3 Å². The predicted molar refractivity (Wildman–Crippen MR) is 154 cm³/mol. The van der Waals surface area contributed by atoms with Crippen molar-refractivity contribution < 1.29 is 12.8 Å². The highest BCUT2D eigenvalue weighted by molar-refractivity contribution is 9.10. The summed E-state index contributed by atoms with van der Waals surface area (Å²) in [5.41, 5.74) is 5.05. The molecule has 4 aromatic rings. The van der Waals surface area contributed by atoms with Crippen LogP contribution in [0.4, 0.5) is 11.4 Å². The van der Waals surface area contributed by atoms with E-state index in [9.17, 15) is 8.42 Å². The summed E-state index contributed by atoms with van der Waals surface area (Å²) < 4.78 is 33.5. The Hall–Kier alpha value is -3.21. The third-order valence-electron chi connectivity index (χ3n) is 6.19. The van der Waals surface area contributed by atoms with Crippen molar-refractivity contribution in [3.63, 3.8) is 0 Å². The molecule has 0 amide bonds. The lowest BCUT2D eigenvalue weighted by Gasteiger charge is -2.26. The molecule has 2 N–H and O–H groups in total. The first kappa shape index (κ1) is 25.4. The van der Waals surface area contributed by atoms with Crippen molar-refractivity contribution in [2.45, 2.75) is 25.9 Å². The van der Waals surface area contributed by atoms with E-state index >= 15 is 0 Å². The van der Waals surface area contributed by atoms with Gasteiger partial charge in [0.2, 0.25) is 10.0 Å². The van der Waals surface area contributed by atoms with Gasteiger partial charge in [0.15, 0.2) is 5.11 Å². The van der Waals surface area contributed by atoms with E-state index in [0.29, 0.717) is 10.8 Å². The molecule has 2 aromatic carbocycles. The van der Waals surface area contributed by atoms with Crippen molar-refractivity contribution in [3.05, 3.63) is 100.0 Å². The third kappa shape index (κ3) is 5.27. The van der Waals surface area contributed by atoms with E-state index in [0.717, 1.165) is 50.3 Å². The molecule has 0 bridgehead atoms. The van der Waals surface area contributed by atoms with Crippen molar-refractivity contribution in [2.24, 2.45) is 0 Å². The standard InChI is InChI=1S/C27H25BrN4O3S2/c1-16-7-9-19(20(28)14-16)23-11-12-24(35-23)26-25(22-6-4-5-13-29-22)30-27(36)32(26)18-8-10-21(17(2)15-18)31-37(3,33)34/h4-15,25-26,31H,1-3H3,(H,30,36)/t25-,26-/m1/s1. The lowest BCUT2D eigenvalue weighted by atomic mass is 10.0. The number of sulfonamides is 1. The molecule has 190 valence electrons. The van der Waals surface area contributed by atoms with Gasteiger partial charge in [-0.05, 0) is 91.8 Å². The van der Waals surface area contributed by atoms with Gasteiger partial charge >= 0.3 is 0 Å². The number of hydrogen-bond acceptors (Lipinski definition) is 5. The average Bonchev–Trinajstić information content (AvgIpc) is 3.45. The fourth-order valence-electron chi connectivity index (χ4n) is 4.51. The summed E-state index contributed by atoms with van der Waals surface area (Å²) in [5.74, 6) is 1.46. The molecule has 1 saturated heterocycles. The Bertz CT molecular complexity index is 1590. The Morgan fingerprint density at radius 2 is 1.89 bits per heavy atom. The zero-order valence-corrected chi connectivity index (χ0v) is 23.6. The van der Waals surface area contributed by atoms with Crippen LogP contribution in [0.1, 0.15) is 34.7 Å². The fraction of sp³-hybridized carbons (Fsp3) is 0.185. The minimum Gasteiger partial charge on any atom is -0.459 e. The number of nitrogens with zero attached hydrogens (tertiary/aromatic N) is 2. The smallest absolute Gasteiger partial charge is 0.229 e. The number of furan rings is 1. The molecule has 1 fully saturated rings. The van der Waals surface area contributed by atoms with Crippen molar-refractivity contribution >= 4 is 54.7 Å². The number of pyridine rings is 1. The normalized spacial score (nSPS) is 17.6. The van der Waals surface area contributed by atoms with Gasteiger partial charge < -0.3 is 14.6 Å². The van der Waals surface area contributed by atoms with E-state index in [1.54, 1.807) is 12.3 Å². The molecule has 0 radical (unpaired) electrons. The number of anilines is 2. The summed E-state index contributed by atoms with van der Waals surface area (Å²) in [6, 6.07) is 20.8. The van der Waals surface area contributed by atoms with Crippen LogP contribution in [-0.4, -0.2) is 24.8 Å². The summed E-state index contributed by atoms with van der Waals surface area (Å²) in [4.78, 5) is 6.58. The van der Waals surface area contributed by atoms with E-state index in [4.69, 9.17) is 16.6 Å². The summed E-state index contributed by atoms with van der Waals surface area (Å²) in [6.07, 6.45) is 2.89. The van der Waals surface area contributed by atoms with Gasteiger partial charge in [0.25, 0.3) is 0 Å². The monoisotopic (exact) mass is 596 g/mol. The van der Waals surface area contributed by atoms with Gasteiger partial charge in [-0.25, -0.2) is 8.42 Å². The molecule has 0 spiro atoms. The molecule has 1 aliphatic heterocycles. The lowest BCUT2D eigenvalue weighted by molar-refractivity contribution is 0.439. The second-order valence-electron chi connectivity index (χ2n) is 9.06. The number of rotatable bonds is 6. The molecule has 5 rings (SSSR count). The van der Waals surface area contributed by atoms with Gasteiger partial charge in [0, 0.05) is 21.9 Å². The summed E-state index contributed by atoms with van der Waals surface area (Å²) >= 11 is 9.46. The Morgan fingerprint density at radius 1 is 1.08 bits per heavy atom. The Labute approximate surface area is 230 Å². The van der Waals surface area contributed by atoms with Crippen molar-refractivity contribution in [2.75, 3.05) is 15.9 Å². The maximum Gasteiger partial charge on any atom is 0.229 e. The minimum absolute atomic E-state index is 0.261. The van der Waals surface area contributed by atoms with Crippen LogP contribution in [0, 0.1) is 13.8 Å². The Kier molecular flexibility index (Phi) is 6.82. The average molecular weight is 598 g/mol. The highest BCUT2D eigenvalue weighted by Crippen LogP contribution is 2.44. The number of aromatic nitrogens is 1. The van der Waals surface area contributed by atoms with Crippen molar-refractivity contribution in [1.82, 2.24) is 10.3 Å². The molecule has 3 heterocycles. The number of hydrogen-bond donors (Lipinski definition) is 2. The van der Waals surface area contributed by atoms with E-state index in [1.165, 1.54) is 0 Å². The van der Waals surface area contributed by atoms with Crippen LogP contribution in [-0.2, 0) is 10.0 Å². The molecule has 2 atom stereocenters. The number of benzene rings is 2. The van der Waals surface area contributed by atoms with Gasteiger partial charge in [0.05, 0.1) is 23.7 Å². The van der Waals surface area contributed by atoms with Gasteiger partial charge in [0.1, 0.15) is 17.6 Å². The maximum atomic E-state index is 11.8. The number of aryl methyl sites for hydroxylation is 2. The number of thiocarbonyl (C=S) groups is 1. The molecule has 37 heavy (non-hydrogen) atoms. The molecule has 0 saturated carbocycles. The zero-order valence-electron chi connectivity index (χ0n) is 20.4. The van der Waals surface area contributed by atoms with Crippen LogP contribution >= 0.6 is 28.1 Å². The zero-order chi connectivity index (χ0) is 26.3. The SMILES string of the molecule is Cc1ccc(-c2ccc([C@@H]3[C@@H](c4ccccn4)NC(=S)N3c3ccc(NS(C)(=O)=O)c(C)c3)o2)c(Br)c1. The predicted octanol–water partition coefficient (Wildman–Crippen LogP) is 6.27. The first-order valence-electron chi connectivity index (χ1n) is 11.6. The molecule has 1 aliphatic rings. The Morgan fingerprint density at radius 3 is 2.57 bits per heavy atom. The molecular formula is C27H25BrN4O3S2. The third-order valence-corrected chi connectivity index (χ3v) is 7.75. The second-order valence-corrected chi connectivity index (χ2v) is 12.0. The summed E-state index contributed by atoms with van der Waals surface area (Å²) in [7, 11) is -3.40. The molecule has 10 heteroatoms. The molecule has 0 unspecified atom stereocenters. The Balaban J connectivity index is 1.59. The summed E-state index contributed by atoms with van der Waals surface area (Å²) in [5, 5.41) is 3.95. The van der Waals surface area contributed by atoms with Crippen molar-refractivity contribution in [1.29, 1.82) is 0 Å². The summed E-state index contributed by atoms with van der Waals surface area (Å²) in [6.45, 7) is 3.90. The largest absolute Gasteiger partial charge is 0.459 e. The first-order chi connectivity index (χ1) is 17.6. The molecule has 7 nitrogen and oxygen atoms in total. The van der Waals surface area contributed by atoms with Crippen LogP contribution in [0.25, 0.3) is 11.3 Å². The van der Waals surface area contributed by atoms with Crippen molar-refractivity contribution in [3.8, 4) is 11.3 Å². The van der Waals surface area contributed by atoms with Crippen LogP contribution < -0.4 is 14.9 Å². The number of nitrogens with one attached hydrogen (secondary N) is 2. The first-order valence-corrected chi connectivity index (χ1v) is 14.7. The quantitative estimate of drug-likeness (QED) is 0.254. The lowest BCUT2D eigenvalue weighted by Crippen LogP contribution is -2.29. The highest BCUT2D eigenvalue weighted by Gasteiger charge is 2.42. The van der Waals surface area contributed by atoms with E-state index in [-0.39, 0.29) is 12.1 Å². The minimum atomic E-state index is -3.40. The topological polar surface area (TPSA) is 87.5 Å². The highest BCUT2D eigenvalue weighted by atomic mass is 79.9. The molecule has 0 aliphatic carbocycles.